The standard InChI is InChI=1S/C21H19ClN6O3/c1-13-16(22)7-4-8-17(13)24-18(29)11-27-12-23-20-19(21(27)30)25-26-28(20)10-14-5-3-6-15(9-14)31-2/h3-9,12H,10-11H2,1-2H3,(H,24,29). The van der Waals surface area contributed by atoms with Crippen LogP contribution in [0.2, 0.25) is 5.02 Å². The van der Waals surface area contributed by atoms with E-state index in [0.717, 1.165) is 16.9 Å². The molecule has 0 bridgehead atoms. The van der Waals surface area contributed by atoms with Gasteiger partial charge in [-0.25, -0.2) is 9.67 Å². The van der Waals surface area contributed by atoms with E-state index in [0.29, 0.717) is 22.9 Å². The molecule has 10 heteroatoms. The molecule has 1 amide bonds. The summed E-state index contributed by atoms with van der Waals surface area (Å²) >= 11 is 6.08. The minimum Gasteiger partial charge on any atom is -0.497 e. The SMILES string of the molecule is COc1cccc(Cn2nnc3c(=O)n(CC(=O)Nc4cccc(Cl)c4C)cnc32)c1. The summed E-state index contributed by atoms with van der Waals surface area (Å²) in [6.07, 6.45) is 1.32. The fourth-order valence-electron chi connectivity index (χ4n) is 3.14. The second kappa shape index (κ2) is 8.57. The van der Waals surface area contributed by atoms with E-state index in [1.165, 1.54) is 15.6 Å². The Kier molecular flexibility index (Phi) is 5.68. The number of hydrogen-bond donors (Lipinski definition) is 1. The van der Waals surface area contributed by atoms with Crippen molar-refractivity contribution in [1.82, 2.24) is 24.5 Å². The minimum atomic E-state index is -0.445. The highest BCUT2D eigenvalue weighted by Gasteiger charge is 2.15. The van der Waals surface area contributed by atoms with Gasteiger partial charge < -0.3 is 10.1 Å². The number of carbonyl (C=O) groups excluding carboxylic acids is 1. The largest absolute Gasteiger partial charge is 0.497 e. The van der Waals surface area contributed by atoms with Gasteiger partial charge in [0.1, 0.15) is 18.6 Å². The summed E-state index contributed by atoms with van der Waals surface area (Å²) < 4.78 is 7.96. The lowest BCUT2D eigenvalue weighted by Gasteiger charge is -2.10. The molecule has 4 rings (SSSR count). The number of anilines is 1. The molecular weight excluding hydrogens is 420 g/mol. The van der Waals surface area contributed by atoms with Gasteiger partial charge >= 0.3 is 0 Å². The van der Waals surface area contributed by atoms with Gasteiger partial charge in [-0.3, -0.25) is 14.2 Å². The molecule has 31 heavy (non-hydrogen) atoms. The number of halogens is 1. The van der Waals surface area contributed by atoms with Gasteiger partial charge in [0.2, 0.25) is 5.91 Å². The summed E-state index contributed by atoms with van der Waals surface area (Å²) in [5.41, 5.74) is 2.25. The van der Waals surface area contributed by atoms with E-state index in [-0.39, 0.29) is 18.0 Å². The monoisotopic (exact) mass is 438 g/mol. The summed E-state index contributed by atoms with van der Waals surface area (Å²) in [7, 11) is 1.60. The molecular formula is C21H19ClN6O3. The van der Waals surface area contributed by atoms with E-state index >= 15 is 0 Å². The number of hydrogen-bond acceptors (Lipinski definition) is 6. The number of methoxy groups -OCH3 is 1. The van der Waals surface area contributed by atoms with Gasteiger partial charge in [-0.15, -0.1) is 5.10 Å². The Morgan fingerprint density at radius 2 is 2.03 bits per heavy atom. The van der Waals surface area contributed by atoms with Crippen molar-refractivity contribution in [3.05, 3.63) is 75.3 Å². The van der Waals surface area contributed by atoms with Crippen molar-refractivity contribution < 1.29 is 9.53 Å². The lowest BCUT2D eigenvalue weighted by atomic mass is 10.2. The van der Waals surface area contributed by atoms with Crippen LogP contribution in [0.5, 0.6) is 5.75 Å². The van der Waals surface area contributed by atoms with Gasteiger partial charge in [0.25, 0.3) is 5.56 Å². The van der Waals surface area contributed by atoms with Crippen LogP contribution >= 0.6 is 11.6 Å². The highest BCUT2D eigenvalue weighted by atomic mass is 35.5. The summed E-state index contributed by atoms with van der Waals surface area (Å²) in [6.45, 7) is 1.97. The second-order valence-corrected chi connectivity index (χ2v) is 7.32. The first-order valence-corrected chi connectivity index (χ1v) is 9.80. The molecule has 0 unspecified atom stereocenters. The maximum absolute atomic E-state index is 12.8. The average Bonchev–Trinajstić information content (AvgIpc) is 3.17. The molecule has 1 N–H and O–H groups in total. The number of ether oxygens (including phenoxy) is 1. The van der Waals surface area contributed by atoms with Crippen molar-refractivity contribution in [2.24, 2.45) is 0 Å². The van der Waals surface area contributed by atoms with E-state index < -0.39 is 5.56 Å². The van der Waals surface area contributed by atoms with E-state index in [4.69, 9.17) is 16.3 Å². The van der Waals surface area contributed by atoms with Crippen LogP contribution in [0.4, 0.5) is 5.69 Å². The number of nitrogens with zero attached hydrogens (tertiary/aromatic N) is 5. The Labute approximate surface area is 182 Å². The van der Waals surface area contributed by atoms with Crippen LogP contribution in [0.15, 0.2) is 53.6 Å². The van der Waals surface area contributed by atoms with Crippen molar-refractivity contribution in [3.63, 3.8) is 0 Å². The summed E-state index contributed by atoms with van der Waals surface area (Å²) in [5.74, 6) is 0.343. The Bertz CT molecular complexity index is 1330. The number of aromatic nitrogens is 5. The van der Waals surface area contributed by atoms with Crippen LogP contribution in [0, 0.1) is 6.92 Å². The Morgan fingerprint density at radius 1 is 1.23 bits per heavy atom. The Balaban J connectivity index is 1.55. The fourth-order valence-corrected chi connectivity index (χ4v) is 3.31. The van der Waals surface area contributed by atoms with Gasteiger partial charge in [0, 0.05) is 10.7 Å². The topological polar surface area (TPSA) is 104 Å². The minimum absolute atomic E-state index is 0.0946. The highest BCUT2D eigenvalue weighted by Crippen LogP contribution is 2.22. The number of fused-ring (bicyclic) bond motifs is 1. The summed E-state index contributed by atoms with van der Waals surface area (Å²) in [6, 6.07) is 12.7. The van der Waals surface area contributed by atoms with Crippen molar-refractivity contribution >= 4 is 34.4 Å². The van der Waals surface area contributed by atoms with E-state index in [1.54, 1.807) is 32.2 Å². The molecule has 2 heterocycles. The van der Waals surface area contributed by atoms with Crippen LogP contribution in [-0.2, 0) is 17.9 Å². The highest BCUT2D eigenvalue weighted by molar-refractivity contribution is 6.31. The number of amides is 1. The molecule has 0 spiro atoms. The van der Waals surface area contributed by atoms with Crippen molar-refractivity contribution in [2.45, 2.75) is 20.0 Å². The first-order valence-electron chi connectivity index (χ1n) is 9.43. The van der Waals surface area contributed by atoms with Gasteiger partial charge in [0.05, 0.1) is 13.7 Å². The second-order valence-electron chi connectivity index (χ2n) is 6.91. The van der Waals surface area contributed by atoms with Crippen molar-refractivity contribution in [3.8, 4) is 5.75 Å². The van der Waals surface area contributed by atoms with Gasteiger partial charge in [-0.2, -0.15) is 0 Å². The molecule has 0 aliphatic carbocycles. The molecule has 158 valence electrons. The zero-order valence-electron chi connectivity index (χ0n) is 16.9. The molecule has 9 nitrogen and oxygen atoms in total. The van der Waals surface area contributed by atoms with Gasteiger partial charge in [-0.05, 0) is 42.3 Å². The van der Waals surface area contributed by atoms with Crippen LogP contribution in [0.3, 0.4) is 0 Å². The first-order chi connectivity index (χ1) is 15.0. The average molecular weight is 439 g/mol. The zero-order valence-corrected chi connectivity index (χ0v) is 17.6. The Morgan fingerprint density at radius 3 is 2.84 bits per heavy atom. The third kappa shape index (κ3) is 4.26. The van der Waals surface area contributed by atoms with Crippen LogP contribution in [-0.4, -0.2) is 37.6 Å². The van der Waals surface area contributed by atoms with Gasteiger partial charge in [-0.1, -0.05) is 35.0 Å². The molecule has 4 aromatic rings. The zero-order chi connectivity index (χ0) is 22.0. The van der Waals surface area contributed by atoms with Crippen molar-refractivity contribution in [1.29, 1.82) is 0 Å². The molecule has 2 aromatic carbocycles. The van der Waals surface area contributed by atoms with E-state index in [9.17, 15) is 9.59 Å². The first kappa shape index (κ1) is 20.5. The predicted molar refractivity (Wildman–Crippen MR) is 116 cm³/mol. The third-order valence-electron chi connectivity index (χ3n) is 4.81. The Hall–Kier alpha value is -3.72. The molecule has 0 aliphatic heterocycles. The number of rotatable bonds is 6. The number of benzene rings is 2. The van der Waals surface area contributed by atoms with E-state index in [2.05, 4.69) is 20.6 Å². The molecule has 0 aliphatic rings. The lowest BCUT2D eigenvalue weighted by molar-refractivity contribution is -0.116. The fraction of sp³-hybridized carbons (Fsp3) is 0.190. The smallest absolute Gasteiger partial charge is 0.283 e. The molecule has 0 atom stereocenters. The molecule has 0 fully saturated rings. The molecule has 0 saturated carbocycles. The normalized spacial score (nSPS) is 10.9. The molecule has 0 radical (unpaired) electrons. The maximum atomic E-state index is 12.8. The van der Waals surface area contributed by atoms with Crippen LogP contribution < -0.4 is 15.6 Å². The van der Waals surface area contributed by atoms with Crippen LogP contribution in [0.1, 0.15) is 11.1 Å². The summed E-state index contributed by atoms with van der Waals surface area (Å²) in [5, 5.41) is 11.3. The van der Waals surface area contributed by atoms with E-state index in [1.807, 2.05) is 24.3 Å². The van der Waals surface area contributed by atoms with Crippen molar-refractivity contribution in [2.75, 3.05) is 12.4 Å². The number of nitrogens with one attached hydrogen (secondary N) is 1. The molecule has 2 aromatic heterocycles. The third-order valence-corrected chi connectivity index (χ3v) is 5.22. The quantitative estimate of drug-likeness (QED) is 0.496. The van der Waals surface area contributed by atoms with Gasteiger partial charge in [0.15, 0.2) is 11.2 Å². The lowest BCUT2D eigenvalue weighted by Crippen LogP contribution is -2.28. The predicted octanol–water partition coefficient (Wildman–Crippen LogP) is 2.65. The summed E-state index contributed by atoms with van der Waals surface area (Å²) in [4.78, 5) is 29.5. The van der Waals surface area contributed by atoms with Crippen LogP contribution in [0.25, 0.3) is 11.2 Å². The number of carbonyl (C=O) groups is 1. The maximum Gasteiger partial charge on any atom is 0.283 e. The molecule has 0 saturated heterocycles.